The molecule has 84 valence electrons. The van der Waals surface area contributed by atoms with Crippen molar-refractivity contribution < 1.29 is 4.84 Å². The number of rotatable bonds is 6. The Kier molecular flexibility index (Phi) is 6.05. The molecule has 0 saturated carbocycles. The first-order valence-electron chi connectivity index (χ1n) is 4.53. The minimum absolute atomic E-state index is 0.333. The van der Waals surface area contributed by atoms with Gasteiger partial charge in [0.25, 0.3) is 0 Å². The molecular formula is C10H18N4O. The van der Waals surface area contributed by atoms with Crippen molar-refractivity contribution in [2.75, 3.05) is 14.1 Å². The quantitative estimate of drug-likeness (QED) is 0.350. The van der Waals surface area contributed by atoms with E-state index in [1.807, 2.05) is 0 Å². The molecule has 0 aliphatic carbocycles. The maximum absolute atomic E-state index is 7.77. The van der Waals surface area contributed by atoms with E-state index in [0.29, 0.717) is 22.9 Å². The Morgan fingerprint density at radius 1 is 1.40 bits per heavy atom. The van der Waals surface area contributed by atoms with E-state index < -0.39 is 0 Å². The van der Waals surface area contributed by atoms with Crippen LogP contribution in [0.25, 0.3) is 0 Å². The summed E-state index contributed by atoms with van der Waals surface area (Å²) in [6.07, 6.45) is 1.61. The van der Waals surface area contributed by atoms with Crippen LogP contribution < -0.4 is 10.8 Å². The first kappa shape index (κ1) is 13.4. The zero-order chi connectivity index (χ0) is 11.8. The van der Waals surface area contributed by atoms with Crippen LogP contribution in [0.3, 0.4) is 0 Å². The minimum Gasteiger partial charge on any atom is -0.414 e. The molecule has 5 nitrogen and oxygen atoms in total. The van der Waals surface area contributed by atoms with Crippen LogP contribution in [0.2, 0.25) is 0 Å². The SMILES string of the molecule is C=N/C(NC)=C(/C)C(=N)/C=C(\C)ONC. The smallest absolute Gasteiger partial charge is 0.129 e. The van der Waals surface area contributed by atoms with Gasteiger partial charge in [0, 0.05) is 25.7 Å². The maximum Gasteiger partial charge on any atom is 0.129 e. The third kappa shape index (κ3) is 4.42. The molecule has 0 atom stereocenters. The molecule has 0 saturated heterocycles. The van der Waals surface area contributed by atoms with E-state index in [1.54, 1.807) is 34.0 Å². The predicted molar refractivity (Wildman–Crippen MR) is 62.9 cm³/mol. The Labute approximate surface area is 90.4 Å². The van der Waals surface area contributed by atoms with Crippen LogP contribution in [0.1, 0.15) is 13.8 Å². The molecule has 0 rings (SSSR count). The molecule has 5 heteroatoms. The lowest BCUT2D eigenvalue weighted by molar-refractivity contribution is 0.128. The molecule has 0 aliphatic rings. The summed E-state index contributed by atoms with van der Waals surface area (Å²) in [6, 6.07) is 0. The van der Waals surface area contributed by atoms with Gasteiger partial charge in [-0.2, -0.15) is 5.48 Å². The highest BCUT2D eigenvalue weighted by Crippen LogP contribution is 2.06. The van der Waals surface area contributed by atoms with Crippen molar-refractivity contribution in [3.8, 4) is 0 Å². The average Bonchev–Trinajstić information content (AvgIpc) is 2.19. The number of nitrogens with zero attached hydrogens (tertiary/aromatic N) is 1. The Morgan fingerprint density at radius 2 is 2.00 bits per heavy atom. The molecular weight excluding hydrogens is 192 g/mol. The average molecular weight is 210 g/mol. The summed E-state index contributed by atoms with van der Waals surface area (Å²) in [7, 11) is 3.40. The van der Waals surface area contributed by atoms with Crippen molar-refractivity contribution in [2.45, 2.75) is 13.8 Å². The van der Waals surface area contributed by atoms with Gasteiger partial charge in [-0.15, -0.1) is 0 Å². The molecule has 0 spiro atoms. The van der Waals surface area contributed by atoms with E-state index >= 15 is 0 Å². The molecule has 15 heavy (non-hydrogen) atoms. The van der Waals surface area contributed by atoms with Crippen LogP contribution in [0.15, 0.2) is 28.2 Å². The van der Waals surface area contributed by atoms with Gasteiger partial charge in [-0.3, -0.25) is 0 Å². The second-order valence-electron chi connectivity index (χ2n) is 2.86. The molecule has 0 unspecified atom stereocenters. The molecule has 0 radical (unpaired) electrons. The van der Waals surface area contributed by atoms with E-state index in [4.69, 9.17) is 10.2 Å². The van der Waals surface area contributed by atoms with Crippen LogP contribution in [0.4, 0.5) is 0 Å². The van der Waals surface area contributed by atoms with Gasteiger partial charge in [-0.25, -0.2) is 4.99 Å². The van der Waals surface area contributed by atoms with E-state index in [2.05, 4.69) is 22.5 Å². The van der Waals surface area contributed by atoms with Crippen LogP contribution in [0, 0.1) is 5.41 Å². The predicted octanol–water partition coefficient (Wildman–Crippen LogP) is 1.21. The lowest BCUT2D eigenvalue weighted by Gasteiger charge is -2.07. The fourth-order valence-electron chi connectivity index (χ4n) is 1.01. The van der Waals surface area contributed by atoms with Crippen LogP contribution in [0.5, 0.6) is 0 Å². The molecule has 0 fully saturated rings. The van der Waals surface area contributed by atoms with Gasteiger partial charge in [0.15, 0.2) is 0 Å². The van der Waals surface area contributed by atoms with Crippen LogP contribution in [-0.4, -0.2) is 26.5 Å². The van der Waals surface area contributed by atoms with Gasteiger partial charge in [0.05, 0.1) is 5.71 Å². The first-order valence-corrected chi connectivity index (χ1v) is 4.53. The normalized spacial score (nSPS) is 12.9. The van der Waals surface area contributed by atoms with Crippen molar-refractivity contribution in [2.24, 2.45) is 4.99 Å². The summed E-state index contributed by atoms with van der Waals surface area (Å²) < 4.78 is 0. The number of hydroxylamine groups is 1. The highest BCUT2D eigenvalue weighted by atomic mass is 16.6. The minimum atomic E-state index is 0.333. The van der Waals surface area contributed by atoms with Crippen molar-refractivity contribution >= 4 is 12.4 Å². The zero-order valence-electron chi connectivity index (χ0n) is 9.64. The Hall–Kier alpha value is -1.62. The zero-order valence-corrected chi connectivity index (χ0v) is 9.64. The van der Waals surface area contributed by atoms with E-state index in [-0.39, 0.29) is 0 Å². The van der Waals surface area contributed by atoms with Gasteiger partial charge in [-0.1, -0.05) is 0 Å². The lowest BCUT2D eigenvalue weighted by Crippen LogP contribution is -2.11. The van der Waals surface area contributed by atoms with Gasteiger partial charge in [-0.05, 0) is 20.6 Å². The third-order valence-corrected chi connectivity index (χ3v) is 1.76. The Balaban J connectivity index is 4.79. The molecule has 3 N–H and O–H groups in total. The molecule has 0 bridgehead atoms. The number of allylic oxidation sites excluding steroid dienone is 3. The van der Waals surface area contributed by atoms with Gasteiger partial charge >= 0.3 is 0 Å². The summed E-state index contributed by atoms with van der Waals surface area (Å²) in [5, 5.41) is 10.6. The summed E-state index contributed by atoms with van der Waals surface area (Å²) in [6.45, 7) is 6.98. The highest BCUT2D eigenvalue weighted by Gasteiger charge is 2.03. The van der Waals surface area contributed by atoms with Crippen molar-refractivity contribution in [1.82, 2.24) is 10.8 Å². The maximum atomic E-state index is 7.77. The van der Waals surface area contributed by atoms with Crippen molar-refractivity contribution in [3.63, 3.8) is 0 Å². The second-order valence-corrected chi connectivity index (χ2v) is 2.86. The molecule has 0 aromatic carbocycles. The first-order chi connectivity index (χ1) is 7.06. The number of aliphatic imine (C=N–C) groups is 1. The molecule has 0 amide bonds. The summed E-state index contributed by atoms with van der Waals surface area (Å²) in [5.41, 5.74) is 3.58. The van der Waals surface area contributed by atoms with E-state index in [1.165, 1.54) is 0 Å². The Bertz CT molecular complexity index is 305. The molecule has 0 aliphatic heterocycles. The second kappa shape index (κ2) is 6.78. The molecule has 0 aromatic rings. The summed E-state index contributed by atoms with van der Waals surface area (Å²) >= 11 is 0. The fraction of sp³-hybridized carbons (Fsp3) is 0.400. The highest BCUT2D eigenvalue weighted by molar-refractivity contribution is 6.06. The number of hydrogen-bond donors (Lipinski definition) is 3. The van der Waals surface area contributed by atoms with Gasteiger partial charge in [0.1, 0.15) is 11.6 Å². The summed E-state index contributed by atoms with van der Waals surface area (Å²) in [5.74, 6) is 1.20. The third-order valence-electron chi connectivity index (χ3n) is 1.76. The number of nitrogens with one attached hydrogen (secondary N) is 3. The standard InChI is InChI=1S/C10H18N4O/c1-7(15-14-5)6-9(11)8(2)10(12-3)13-4/h6,11,13-14H,3H2,1-2,4-5H3/b7-6+,10-8+,11-9?. The van der Waals surface area contributed by atoms with Crippen molar-refractivity contribution in [1.29, 1.82) is 5.41 Å². The number of hydrogen-bond acceptors (Lipinski definition) is 5. The van der Waals surface area contributed by atoms with Gasteiger partial charge < -0.3 is 15.6 Å². The van der Waals surface area contributed by atoms with E-state index in [9.17, 15) is 0 Å². The summed E-state index contributed by atoms with van der Waals surface area (Å²) in [4.78, 5) is 8.76. The monoisotopic (exact) mass is 210 g/mol. The van der Waals surface area contributed by atoms with Gasteiger partial charge in [0.2, 0.25) is 0 Å². The van der Waals surface area contributed by atoms with Crippen LogP contribution in [-0.2, 0) is 4.84 Å². The topological polar surface area (TPSA) is 69.5 Å². The largest absolute Gasteiger partial charge is 0.414 e. The van der Waals surface area contributed by atoms with Crippen LogP contribution >= 0.6 is 0 Å². The lowest BCUT2D eigenvalue weighted by atomic mass is 10.1. The molecule has 0 aromatic heterocycles. The van der Waals surface area contributed by atoms with Crippen molar-refractivity contribution in [3.05, 3.63) is 23.2 Å². The fourth-order valence-corrected chi connectivity index (χ4v) is 1.01. The molecule has 0 heterocycles. The van der Waals surface area contributed by atoms with E-state index in [0.717, 1.165) is 0 Å². The Morgan fingerprint density at radius 3 is 2.40 bits per heavy atom.